The predicted octanol–water partition coefficient (Wildman–Crippen LogP) is 4.23. The third-order valence-electron chi connectivity index (χ3n) is 3.33. The smallest absolute Gasteiger partial charge is 0.475 e. The van der Waals surface area contributed by atoms with Crippen molar-refractivity contribution >= 4 is 11.8 Å². The van der Waals surface area contributed by atoms with Crippen LogP contribution in [0, 0.1) is 17.1 Å². The first-order chi connectivity index (χ1) is 13.1. The number of nitrogens with two attached hydrogens (primary N) is 1. The minimum atomic E-state index is -5.08. The number of aromatic nitrogens is 1. The lowest BCUT2D eigenvalue weighted by Crippen LogP contribution is -2.21. The molecule has 0 atom stereocenters. The molecule has 0 fully saturated rings. The van der Waals surface area contributed by atoms with Gasteiger partial charge >= 0.3 is 12.1 Å². The van der Waals surface area contributed by atoms with Gasteiger partial charge < -0.3 is 15.3 Å². The summed E-state index contributed by atoms with van der Waals surface area (Å²) in [5.74, 6) is -2.44. The van der Waals surface area contributed by atoms with E-state index in [1.165, 1.54) is 18.4 Å². The number of benzene rings is 1. The van der Waals surface area contributed by atoms with Crippen molar-refractivity contribution in [2.24, 2.45) is 0 Å². The molecule has 0 aliphatic heterocycles. The topological polar surface area (TPSA) is 113 Å². The van der Waals surface area contributed by atoms with E-state index in [0.717, 1.165) is 0 Å². The van der Waals surface area contributed by atoms with Crippen LogP contribution < -0.4 is 5.73 Å². The molecule has 0 bridgehead atoms. The van der Waals surface area contributed by atoms with Crippen LogP contribution in [0.4, 0.5) is 23.4 Å². The summed E-state index contributed by atoms with van der Waals surface area (Å²) in [5, 5.41) is 16.4. The number of nitrogens with zero attached hydrogens (tertiary/aromatic N) is 2. The molecule has 0 spiro atoms. The van der Waals surface area contributed by atoms with Crippen molar-refractivity contribution in [1.29, 1.82) is 5.26 Å². The maximum absolute atomic E-state index is 13.0. The molecule has 28 heavy (non-hydrogen) atoms. The number of carboxylic acid groups (broad SMARTS) is 1. The number of carbonyl (C=O) groups is 1. The second-order valence-corrected chi connectivity index (χ2v) is 5.21. The van der Waals surface area contributed by atoms with Gasteiger partial charge in [-0.1, -0.05) is 0 Å². The van der Waals surface area contributed by atoms with Crippen molar-refractivity contribution in [3.63, 3.8) is 0 Å². The third kappa shape index (κ3) is 4.85. The summed E-state index contributed by atoms with van der Waals surface area (Å²) >= 11 is 0. The van der Waals surface area contributed by atoms with Crippen molar-refractivity contribution in [3.8, 4) is 28.7 Å². The molecule has 0 aliphatic rings. The Hall–Kier alpha value is -3.87. The van der Waals surface area contributed by atoms with Gasteiger partial charge in [-0.2, -0.15) is 18.4 Å². The molecule has 1 aromatic carbocycles. The molecule has 2 heterocycles. The summed E-state index contributed by atoms with van der Waals surface area (Å²) < 4.78 is 50.1. The lowest BCUT2D eigenvalue weighted by molar-refractivity contribution is -0.192. The van der Waals surface area contributed by atoms with Gasteiger partial charge in [0.1, 0.15) is 29.0 Å². The van der Waals surface area contributed by atoms with E-state index in [1.54, 1.807) is 30.3 Å². The number of pyridine rings is 1. The zero-order chi connectivity index (χ0) is 20.9. The molecule has 0 unspecified atom stereocenters. The van der Waals surface area contributed by atoms with Gasteiger partial charge in [-0.3, -0.25) is 0 Å². The van der Waals surface area contributed by atoms with Gasteiger partial charge in [0.15, 0.2) is 0 Å². The molecule has 144 valence electrons. The Kier molecular flexibility index (Phi) is 6.00. The van der Waals surface area contributed by atoms with Crippen LogP contribution in [-0.4, -0.2) is 22.2 Å². The lowest BCUT2D eigenvalue weighted by Gasteiger charge is -2.08. The molecule has 0 radical (unpaired) electrons. The van der Waals surface area contributed by atoms with E-state index in [2.05, 4.69) is 4.98 Å². The minimum absolute atomic E-state index is 0.116. The number of carboxylic acids is 1. The Labute approximate surface area is 155 Å². The highest BCUT2D eigenvalue weighted by molar-refractivity contribution is 5.77. The molecule has 2 aromatic heterocycles. The van der Waals surface area contributed by atoms with Crippen LogP contribution in [-0.2, 0) is 4.79 Å². The Bertz CT molecular complexity index is 1010. The average Bonchev–Trinajstić information content (AvgIpc) is 3.16. The zero-order valence-electron chi connectivity index (χ0n) is 13.9. The average molecular weight is 393 g/mol. The highest BCUT2D eigenvalue weighted by Crippen LogP contribution is 2.31. The fraction of sp³-hybridized carbons (Fsp3) is 0.0556. The number of nitriles is 1. The number of nitrogen functional groups attached to an aromatic ring is 1. The van der Waals surface area contributed by atoms with Crippen LogP contribution in [0.3, 0.4) is 0 Å². The first-order valence-electron chi connectivity index (χ1n) is 7.44. The molecular weight excluding hydrogens is 382 g/mol. The first kappa shape index (κ1) is 20.4. The third-order valence-corrected chi connectivity index (χ3v) is 3.33. The fourth-order valence-corrected chi connectivity index (χ4v) is 2.08. The van der Waals surface area contributed by atoms with E-state index < -0.39 is 12.1 Å². The standard InChI is InChI=1S/C16H10FN3O.C2HF3O2/c17-11-5-3-10(4-6-11)14-8-12(15-2-1-7-21-15)13(9-18)16(19)20-14;3-2(4,5)1(6)7/h1-8H,(H2,19,20);(H,6,7). The van der Waals surface area contributed by atoms with E-state index in [0.29, 0.717) is 22.6 Å². The molecule has 0 saturated heterocycles. The fourth-order valence-electron chi connectivity index (χ4n) is 2.08. The molecule has 10 heteroatoms. The number of aliphatic carboxylic acids is 1. The maximum Gasteiger partial charge on any atom is 0.490 e. The summed E-state index contributed by atoms with van der Waals surface area (Å²) in [7, 11) is 0. The Balaban J connectivity index is 0.000000345. The van der Waals surface area contributed by atoms with Gasteiger partial charge in [0.2, 0.25) is 0 Å². The van der Waals surface area contributed by atoms with Gasteiger partial charge in [-0.25, -0.2) is 14.2 Å². The minimum Gasteiger partial charge on any atom is -0.475 e. The highest BCUT2D eigenvalue weighted by Gasteiger charge is 2.38. The quantitative estimate of drug-likeness (QED) is 0.630. The second-order valence-electron chi connectivity index (χ2n) is 5.21. The second kappa shape index (κ2) is 8.22. The zero-order valence-corrected chi connectivity index (χ0v) is 13.9. The van der Waals surface area contributed by atoms with Crippen molar-refractivity contribution in [3.05, 3.63) is 60.1 Å². The van der Waals surface area contributed by atoms with Crippen LogP contribution in [0.2, 0.25) is 0 Å². The number of hydrogen-bond donors (Lipinski definition) is 2. The van der Waals surface area contributed by atoms with E-state index in [4.69, 9.17) is 20.1 Å². The number of anilines is 1. The SMILES string of the molecule is N#Cc1c(-c2ccco2)cc(-c2ccc(F)cc2)nc1N.O=C(O)C(F)(F)F. The van der Waals surface area contributed by atoms with Gasteiger partial charge in [0.05, 0.1) is 12.0 Å². The summed E-state index contributed by atoms with van der Waals surface area (Å²) in [6.45, 7) is 0. The lowest BCUT2D eigenvalue weighted by atomic mass is 10.0. The van der Waals surface area contributed by atoms with Gasteiger partial charge in [0, 0.05) is 11.1 Å². The summed E-state index contributed by atoms with van der Waals surface area (Å²) in [5.41, 5.74) is 7.94. The van der Waals surface area contributed by atoms with Crippen molar-refractivity contribution in [2.75, 3.05) is 5.73 Å². The van der Waals surface area contributed by atoms with Crippen molar-refractivity contribution in [1.82, 2.24) is 4.98 Å². The number of halogens is 4. The monoisotopic (exact) mass is 393 g/mol. The molecule has 6 nitrogen and oxygen atoms in total. The van der Waals surface area contributed by atoms with E-state index in [9.17, 15) is 22.8 Å². The predicted molar refractivity (Wildman–Crippen MR) is 90.2 cm³/mol. The van der Waals surface area contributed by atoms with Crippen LogP contribution in [0.25, 0.3) is 22.6 Å². The van der Waals surface area contributed by atoms with Gasteiger partial charge in [0.25, 0.3) is 0 Å². The number of hydrogen-bond acceptors (Lipinski definition) is 5. The highest BCUT2D eigenvalue weighted by atomic mass is 19.4. The Morgan fingerprint density at radius 2 is 1.82 bits per heavy atom. The van der Waals surface area contributed by atoms with Crippen molar-refractivity contribution in [2.45, 2.75) is 6.18 Å². The summed E-state index contributed by atoms with van der Waals surface area (Å²) in [6, 6.07) is 13.1. The molecule has 3 aromatic rings. The number of alkyl halides is 3. The molecule has 3 N–H and O–H groups in total. The van der Waals surface area contributed by atoms with Gasteiger partial charge in [-0.05, 0) is 42.5 Å². The van der Waals surface area contributed by atoms with Crippen molar-refractivity contribution < 1.29 is 31.9 Å². The van der Waals surface area contributed by atoms with E-state index >= 15 is 0 Å². The molecule has 3 rings (SSSR count). The first-order valence-corrected chi connectivity index (χ1v) is 7.44. The Morgan fingerprint density at radius 3 is 2.29 bits per heavy atom. The molecule has 0 saturated carbocycles. The maximum atomic E-state index is 13.0. The van der Waals surface area contributed by atoms with Crippen LogP contribution >= 0.6 is 0 Å². The molecule has 0 aliphatic carbocycles. The molecular formula is C18H11F4N3O3. The number of rotatable bonds is 2. The number of furan rings is 1. The molecule has 0 amide bonds. The van der Waals surface area contributed by atoms with Crippen LogP contribution in [0.1, 0.15) is 5.56 Å². The Morgan fingerprint density at radius 1 is 1.21 bits per heavy atom. The van der Waals surface area contributed by atoms with Crippen LogP contribution in [0.15, 0.2) is 53.1 Å². The normalized spacial score (nSPS) is 10.5. The summed E-state index contributed by atoms with van der Waals surface area (Å²) in [6.07, 6.45) is -3.56. The van der Waals surface area contributed by atoms with E-state index in [1.807, 2.05) is 6.07 Å². The van der Waals surface area contributed by atoms with Gasteiger partial charge in [-0.15, -0.1) is 0 Å². The van der Waals surface area contributed by atoms with Crippen LogP contribution in [0.5, 0.6) is 0 Å². The van der Waals surface area contributed by atoms with E-state index in [-0.39, 0.29) is 17.2 Å². The largest absolute Gasteiger partial charge is 0.490 e. The summed E-state index contributed by atoms with van der Waals surface area (Å²) in [4.78, 5) is 13.1.